The molecular weight excluding hydrogens is 392 g/mol. The summed E-state index contributed by atoms with van der Waals surface area (Å²) < 4.78 is 6.75. The molecule has 3 rings (SSSR count). The highest BCUT2D eigenvalue weighted by atomic mass is 32.2. The maximum absolute atomic E-state index is 12.6. The van der Waals surface area contributed by atoms with Gasteiger partial charge in [-0.2, -0.15) is 0 Å². The van der Waals surface area contributed by atoms with Crippen LogP contribution >= 0.6 is 11.8 Å². The summed E-state index contributed by atoms with van der Waals surface area (Å²) >= 11 is 1.15. The van der Waals surface area contributed by atoms with E-state index in [1.807, 2.05) is 19.1 Å². The summed E-state index contributed by atoms with van der Waals surface area (Å²) in [6.07, 6.45) is 3.30. The average molecular weight is 417 g/mol. The van der Waals surface area contributed by atoms with E-state index in [2.05, 4.69) is 15.6 Å². The standard InChI is InChI=1S/C20H24N4O4S/c1-13-5-7-14(8-6-13)23-18(26)16-11-22-20(24(2)19(16)27)29-12-17(25)21-10-15-4-3-9-28-15/h5-8,11,15H,3-4,9-10,12H2,1-2H3,(H,21,25)(H,23,26)/t15-/m0/s1. The second-order valence-electron chi connectivity index (χ2n) is 6.87. The number of aryl methyl sites for hydroxylation is 1. The van der Waals surface area contributed by atoms with Crippen LogP contribution in [0.4, 0.5) is 5.69 Å². The largest absolute Gasteiger partial charge is 0.376 e. The maximum Gasteiger partial charge on any atom is 0.266 e. The van der Waals surface area contributed by atoms with E-state index in [4.69, 9.17) is 4.74 Å². The zero-order chi connectivity index (χ0) is 20.8. The van der Waals surface area contributed by atoms with Crippen LogP contribution < -0.4 is 16.2 Å². The van der Waals surface area contributed by atoms with Gasteiger partial charge in [0.05, 0.1) is 11.9 Å². The predicted molar refractivity (Wildman–Crippen MR) is 111 cm³/mol. The van der Waals surface area contributed by atoms with E-state index in [9.17, 15) is 14.4 Å². The molecule has 1 fully saturated rings. The smallest absolute Gasteiger partial charge is 0.266 e. The highest BCUT2D eigenvalue weighted by molar-refractivity contribution is 7.99. The Hall–Kier alpha value is -2.65. The van der Waals surface area contributed by atoms with E-state index < -0.39 is 11.5 Å². The van der Waals surface area contributed by atoms with Crippen molar-refractivity contribution < 1.29 is 14.3 Å². The molecule has 1 aliphatic heterocycles. The van der Waals surface area contributed by atoms with E-state index in [0.29, 0.717) is 17.4 Å². The van der Waals surface area contributed by atoms with Crippen LogP contribution in [0.1, 0.15) is 28.8 Å². The lowest BCUT2D eigenvalue weighted by atomic mass is 10.2. The van der Waals surface area contributed by atoms with Crippen molar-refractivity contribution in [2.75, 3.05) is 24.2 Å². The van der Waals surface area contributed by atoms with E-state index in [1.54, 1.807) is 12.1 Å². The molecule has 1 aromatic heterocycles. The lowest BCUT2D eigenvalue weighted by Gasteiger charge is -2.11. The number of rotatable bonds is 7. The first-order chi connectivity index (χ1) is 13.9. The Balaban J connectivity index is 1.58. The van der Waals surface area contributed by atoms with Crippen molar-refractivity contribution in [2.24, 2.45) is 7.05 Å². The number of nitrogens with zero attached hydrogens (tertiary/aromatic N) is 2. The zero-order valence-electron chi connectivity index (χ0n) is 16.4. The molecule has 0 saturated carbocycles. The molecule has 1 atom stereocenters. The highest BCUT2D eigenvalue weighted by Gasteiger charge is 2.18. The number of hydrogen-bond acceptors (Lipinski definition) is 6. The Morgan fingerprint density at radius 2 is 2.07 bits per heavy atom. The van der Waals surface area contributed by atoms with Gasteiger partial charge in [0.15, 0.2) is 5.16 Å². The molecule has 2 amide bonds. The van der Waals surface area contributed by atoms with Gasteiger partial charge in [0.25, 0.3) is 11.5 Å². The Kier molecular flexibility index (Phi) is 7.05. The fourth-order valence-corrected chi connectivity index (χ4v) is 3.63. The van der Waals surface area contributed by atoms with Crippen LogP contribution in [0.25, 0.3) is 0 Å². The Morgan fingerprint density at radius 1 is 1.31 bits per heavy atom. The third-order valence-corrected chi connectivity index (χ3v) is 5.61. The second kappa shape index (κ2) is 9.71. The molecule has 2 heterocycles. The summed E-state index contributed by atoms with van der Waals surface area (Å²) in [6.45, 7) is 3.18. The first kappa shape index (κ1) is 21.1. The number of aromatic nitrogens is 2. The molecule has 1 saturated heterocycles. The molecule has 0 unspecified atom stereocenters. The van der Waals surface area contributed by atoms with Crippen molar-refractivity contribution in [1.29, 1.82) is 0 Å². The number of carbonyl (C=O) groups is 2. The molecule has 8 nitrogen and oxygen atoms in total. The van der Waals surface area contributed by atoms with Gasteiger partial charge < -0.3 is 15.4 Å². The van der Waals surface area contributed by atoms with Gasteiger partial charge in [0.2, 0.25) is 5.91 Å². The van der Waals surface area contributed by atoms with Gasteiger partial charge in [-0.25, -0.2) is 4.98 Å². The molecule has 0 bridgehead atoms. The normalized spacial score (nSPS) is 15.9. The quantitative estimate of drug-likeness (QED) is 0.526. The first-order valence-corrected chi connectivity index (χ1v) is 10.4. The van der Waals surface area contributed by atoms with E-state index in [1.165, 1.54) is 17.8 Å². The Bertz CT molecular complexity index is 936. The number of hydrogen-bond donors (Lipinski definition) is 2. The van der Waals surface area contributed by atoms with Crippen molar-refractivity contribution in [2.45, 2.75) is 31.0 Å². The van der Waals surface area contributed by atoms with E-state index in [0.717, 1.165) is 36.8 Å². The fraction of sp³-hybridized carbons (Fsp3) is 0.400. The molecule has 0 spiro atoms. The van der Waals surface area contributed by atoms with Crippen LogP contribution in [-0.4, -0.2) is 46.4 Å². The Labute approximate surface area is 173 Å². The van der Waals surface area contributed by atoms with Gasteiger partial charge in [0, 0.05) is 32.1 Å². The van der Waals surface area contributed by atoms with Crippen molar-refractivity contribution in [3.63, 3.8) is 0 Å². The summed E-state index contributed by atoms with van der Waals surface area (Å²) in [6, 6.07) is 7.28. The van der Waals surface area contributed by atoms with Crippen LogP contribution in [0.15, 0.2) is 40.4 Å². The average Bonchev–Trinajstić information content (AvgIpc) is 3.23. The molecule has 29 heavy (non-hydrogen) atoms. The minimum absolute atomic E-state index is 0.0553. The summed E-state index contributed by atoms with van der Waals surface area (Å²) in [5.41, 5.74) is 1.15. The van der Waals surface area contributed by atoms with Crippen LogP contribution in [0.2, 0.25) is 0 Å². The van der Waals surface area contributed by atoms with Crippen molar-refractivity contribution in [3.8, 4) is 0 Å². The van der Waals surface area contributed by atoms with Gasteiger partial charge in [-0.1, -0.05) is 29.5 Å². The lowest BCUT2D eigenvalue weighted by molar-refractivity contribution is -0.119. The number of benzene rings is 1. The summed E-state index contributed by atoms with van der Waals surface area (Å²) in [5.74, 6) is -0.546. The number of ether oxygens (including phenoxy) is 1. The summed E-state index contributed by atoms with van der Waals surface area (Å²) in [7, 11) is 1.53. The van der Waals surface area contributed by atoms with Gasteiger partial charge in [0.1, 0.15) is 5.56 Å². The minimum Gasteiger partial charge on any atom is -0.376 e. The SMILES string of the molecule is Cc1ccc(NC(=O)c2cnc(SCC(=O)NC[C@@H]3CCCO3)n(C)c2=O)cc1. The van der Waals surface area contributed by atoms with Crippen molar-refractivity contribution >= 4 is 29.3 Å². The van der Waals surface area contributed by atoms with Crippen molar-refractivity contribution in [1.82, 2.24) is 14.9 Å². The number of thioether (sulfide) groups is 1. The maximum atomic E-state index is 12.6. The minimum atomic E-state index is -0.521. The van der Waals surface area contributed by atoms with Crippen LogP contribution in [0.3, 0.4) is 0 Å². The van der Waals surface area contributed by atoms with Crippen LogP contribution in [0.5, 0.6) is 0 Å². The number of amides is 2. The van der Waals surface area contributed by atoms with Gasteiger partial charge in [-0.05, 0) is 31.9 Å². The molecule has 0 aliphatic carbocycles. The van der Waals surface area contributed by atoms with Gasteiger partial charge >= 0.3 is 0 Å². The molecule has 1 aromatic carbocycles. The second-order valence-corrected chi connectivity index (χ2v) is 7.81. The lowest BCUT2D eigenvalue weighted by Crippen LogP contribution is -2.33. The van der Waals surface area contributed by atoms with E-state index >= 15 is 0 Å². The van der Waals surface area contributed by atoms with Crippen LogP contribution in [0, 0.1) is 6.92 Å². The molecule has 2 N–H and O–H groups in total. The zero-order valence-corrected chi connectivity index (χ0v) is 17.3. The fourth-order valence-electron chi connectivity index (χ4n) is 2.87. The van der Waals surface area contributed by atoms with Gasteiger partial charge in [-0.3, -0.25) is 19.0 Å². The van der Waals surface area contributed by atoms with Gasteiger partial charge in [-0.15, -0.1) is 0 Å². The third kappa shape index (κ3) is 5.68. The highest BCUT2D eigenvalue weighted by Crippen LogP contribution is 2.14. The predicted octanol–water partition coefficient (Wildman–Crippen LogP) is 1.73. The topological polar surface area (TPSA) is 102 Å². The summed E-state index contributed by atoms with van der Waals surface area (Å²) in [5, 5.41) is 5.89. The third-order valence-electron chi connectivity index (χ3n) is 4.56. The van der Waals surface area contributed by atoms with Crippen LogP contribution in [-0.2, 0) is 16.6 Å². The van der Waals surface area contributed by atoms with E-state index in [-0.39, 0.29) is 23.3 Å². The molecule has 154 valence electrons. The molecule has 0 radical (unpaired) electrons. The van der Waals surface area contributed by atoms with Crippen molar-refractivity contribution in [3.05, 3.63) is 51.9 Å². The summed E-state index contributed by atoms with van der Waals surface area (Å²) in [4.78, 5) is 41.2. The molecular formula is C20H24N4O4S. The first-order valence-electron chi connectivity index (χ1n) is 9.39. The molecule has 1 aliphatic rings. The monoisotopic (exact) mass is 416 g/mol. The Morgan fingerprint density at radius 3 is 2.76 bits per heavy atom. The number of carbonyl (C=O) groups excluding carboxylic acids is 2. The molecule has 2 aromatic rings. The number of nitrogens with one attached hydrogen (secondary N) is 2. The molecule has 9 heteroatoms. The number of anilines is 1.